The van der Waals surface area contributed by atoms with Gasteiger partial charge >= 0.3 is 6.03 Å². The average molecular weight is 367 g/mol. The van der Waals surface area contributed by atoms with Crippen molar-refractivity contribution in [1.29, 1.82) is 0 Å². The normalized spacial score (nSPS) is 14.4. The highest BCUT2D eigenvalue weighted by molar-refractivity contribution is 5.89. The number of para-hydroxylation sites is 1. The molecule has 2 aromatic carbocycles. The predicted molar refractivity (Wildman–Crippen MR) is 105 cm³/mol. The number of amides is 3. The van der Waals surface area contributed by atoms with Crippen LogP contribution < -0.4 is 10.1 Å². The molecule has 1 heterocycles. The van der Waals surface area contributed by atoms with Crippen LogP contribution in [0.5, 0.6) is 5.75 Å². The molecule has 27 heavy (non-hydrogen) atoms. The molecule has 1 aliphatic heterocycles. The molecule has 0 unspecified atom stereocenters. The van der Waals surface area contributed by atoms with Crippen LogP contribution in [0.15, 0.2) is 54.6 Å². The molecule has 0 bridgehead atoms. The summed E-state index contributed by atoms with van der Waals surface area (Å²) in [7, 11) is 1.62. The second-order valence-electron chi connectivity index (χ2n) is 6.55. The van der Waals surface area contributed by atoms with Crippen LogP contribution in [0.4, 0.5) is 10.5 Å². The Bertz CT molecular complexity index is 779. The van der Waals surface area contributed by atoms with Crippen LogP contribution in [0.25, 0.3) is 0 Å². The van der Waals surface area contributed by atoms with E-state index in [9.17, 15) is 9.59 Å². The summed E-state index contributed by atoms with van der Waals surface area (Å²) in [4.78, 5) is 28.7. The number of hydrogen-bond acceptors (Lipinski definition) is 3. The Balaban J connectivity index is 1.54. The Morgan fingerprint density at radius 3 is 2.48 bits per heavy atom. The lowest BCUT2D eigenvalue weighted by Crippen LogP contribution is -2.39. The van der Waals surface area contributed by atoms with Gasteiger partial charge in [-0.1, -0.05) is 30.3 Å². The largest absolute Gasteiger partial charge is 0.497 e. The Kier molecular flexibility index (Phi) is 6.30. The molecule has 0 radical (unpaired) electrons. The summed E-state index contributed by atoms with van der Waals surface area (Å²) in [5.41, 5.74) is 1.71. The monoisotopic (exact) mass is 367 g/mol. The molecule has 0 atom stereocenters. The van der Waals surface area contributed by atoms with Crippen LogP contribution in [0, 0.1) is 0 Å². The van der Waals surface area contributed by atoms with Gasteiger partial charge in [0.05, 0.1) is 13.5 Å². The van der Waals surface area contributed by atoms with E-state index in [0.717, 1.165) is 23.4 Å². The highest BCUT2D eigenvalue weighted by Crippen LogP contribution is 2.15. The second kappa shape index (κ2) is 9.07. The second-order valence-corrected chi connectivity index (χ2v) is 6.55. The van der Waals surface area contributed by atoms with Gasteiger partial charge in [0, 0.05) is 31.9 Å². The summed E-state index contributed by atoms with van der Waals surface area (Å²) >= 11 is 0. The van der Waals surface area contributed by atoms with Gasteiger partial charge in [0.2, 0.25) is 5.91 Å². The van der Waals surface area contributed by atoms with E-state index in [-0.39, 0.29) is 11.9 Å². The number of nitrogens with zero attached hydrogens (tertiary/aromatic N) is 2. The molecular weight excluding hydrogens is 342 g/mol. The van der Waals surface area contributed by atoms with Crippen LogP contribution in [-0.4, -0.2) is 55.0 Å². The third-order valence-electron chi connectivity index (χ3n) is 4.65. The van der Waals surface area contributed by atoms with Gasteiger partial charge < -0.3 is 19.9 Å². The van der Waals surface area contributed by atoms with E-state index in [1.807, 2.05) is 59.5 Å². The van der Waals surface area contributed by atoms with Crippen LogP contribution in [0.1, 0.15) is 12.0 Å². The standard InChI is InChI=1S/C21H25N3O3/c1-27-19-10-5-7-17(15-19)16-20(25)23-11-6-12-24(14-13-23)21(26)22-18-8-3-2-4-9-18/h2-5,7-10,15H,6,11-14,16H2,1H3,(H,22,26). The lowest BCUT2D eigenvalue weighted by atomic mass is 10.1. The minimum absolute atomic E-state index is 0.0774. The number of carbonyl (C=O) groups excluding carboxylic acids is 2. The van der Waals surface area contributed by atoms with Crippen molar-refractivity contribution in [3.63, 3.8) is 0 Å². The number of hydrogen-bond donors (Lipinski definition) is 1. The van der Waals surface area contributed by atoms with Crippen molar-refractivity contribution in [2.45, 2.75) is 12.8 Å². The highest BCUT2D eigenvalue weighted by Gasteiger charge is 2.22. The molecule has 3 rings (SSSR count). The number of rotatable bonds is 4. The summed E-state index contributed by atoms with van der Waals surface area (Å²) in [5.74, 6) is 0.827. The van der Waals surface area contributed by atoms with E-state index in [4.69, 9.17) is 4.74 Å². The first-order valence-electron chi connectivity index (χ1n) is 9.17. The summed E-state index contributed by atoms with van der Waals surface area (Å²) in [6.45, 7) is 2.38. The average Bonchev–Trinajstić information content (AvgIpc) is 2.95. The molecular formula is C21H25N3O3. The van der Waals surface area contributed by atoms with Crippen LogP contribution in [-0.2, 0) is 11.2 Å². The number of carbonyl (C=O) groups is 2. The van der Waals surface area contributed by atoms with E-state index in [1.165, 1.54) is 0 Å². The van der Waals surface area contributed by atoms with Crippen LogP contribution >= 0.6 is 0 Å². The topological polar surface area (TPSA) is 61.9 Å². The van der Waals surface area contributed by atoms with Crippen molar-refractivity contribution in [1.82, 2.24) is 9.80 Å². The van der Waals surface area contributed by atoms with E-state index in [2.05, 4.69) is 5.32 Å². The first-order valence-corrected chi connectivity index (χ1v) is 9.17. The predicted octanol–water partition coefficient (Wildman–Crippen LogP) is 3.00. The lowest BCUT2D eigenvalue weighted by molar-refractivity contribution is -0.130. The van der Waals surface area contributed by atoms with Crippen molar-refractivity contribution in [3.8, 4) is 5.75 Å². The van der Waals surface area contributed by atoms with Gasteiger partial charge in [-0.05, 0) is 36.2 Å². The van der Waals surface area contributed by atoms with Crippen molar-refractivity contribution >= 4 is 17.6 Å². The molecule has 1 saturated heterocycles. The molecule has 3 amide bonds. The maximum absolute atomic E-state index is 12.7. The van der Waals surface area contributed by atoms with E-state index >= 15 is 0 Å². The van der Waals surface area contributed by atoms with E-state index < -0.39 is 0 Å². The lowest BCUT2D eigenvalue weighted by Gasteiger charge is -2.22. The van der Waals surface area contributed by atoms with Crippen LogP contribution in [0.2, 0.25) is 0 Å². The van der Waals surface area contributed by atoms with Crippen LogP contribution in [0.3, 0.4) is 0 Å². The number of benzene rings is 2. The van der Waals surface area contributed by atoms with Gasteiger partial charge in [-0.15, -0.1) is 0 Å². The zero-order valence-corrected chi connectivity index (χ0v) is 15.6. The number of anilines is 1. The summed E-state index contributed by atoms with van der Waals surface area (Å²) in [6.07, 6.45) is 1.11. The van der Waals surface area contributed by atoms with Gasteiger partial charge in [-0.25, -0.2) is 4.79 Å². The van der Waals surface area contributed by atoms with Gasteiger partial charge in [-0.3, -0.25) is 4.79 Å². The molecule has 1 N–H and O–H groups in total. The molecule has 1 fully saturated rings. The summed E-state index contributed by atoms with van der Waals surface area (Å²) in [6, 6.07) is 16.8. The number of urea groups is 1. The van der Waals surface area contributed by atoms with Crippen molar-refractivity contribution < 1.29 is 14.3 Å². The number of ether oxygens (including phenoxy) is 1. The molecule has 6 nitrogen and oxygen atoms in total. The van der Waals surface area contributed by atoms with Crippen molar-refractivity contribution in [2.75, 3.05) is 38.6 Å². The Morgan fingerprint density at radius 1 is 0.963 bits per heavy atom. The third-order valence-corrected chi connectivity index (χ3v) is 4.65. The Labute approximate surface area is 159 Å². The van der Waals surface area contributed by atoms with Crippen molar-refractivity contribution in [2.24, 2.45) is 0 Å². The minimum Gasteiger partial charge on any atom is -0.497 e. The molecule has 0 aromatic heterocycles. The summed E-state index contributed by atoms with van der Waals surface area (Å²) < 4.78 is 5.22. The molecule has 0 spiro atoms. The molecule has 6 heteroatoms. The number of methoxy groups -OCH3 is 1. The maximum Gasteiger partial charge on any atom is 0.321 e. The van der Waals surface area contributed by atoms with E-state index in [1.54, 1.807) is 12.0 Å². The fourth-order valence-corrected chi connectivity index (χ4v) is 3.16. The molecule has 0 saturated carbocycles. The quantitative estimate of drug-likeness (QED) is 0.904. The molecule has 1 aliphatic rings. The molecule has 0 aliphatic carbocycles. The highest BCUT2D eigenvalue weighted by atomic mass is 16.5. The zero-order chi connectivity index (χ0) is 19.1. The van der Waals surface area contributed by atoms with Gasteiger partial charge in [-0.2, -0.15) is 0 Å². The van der Waals surface area contributed by atoms with Crippen molar-refractivity contribution in [3.05, 3.63) is 60.2 Å². The maximum atomic E-state index is 12.7. The SMILES string of the molecule is COc1cccc(CC(=O)N2CCCN(C(=O)Nc3ccccc3)CC2)c1. The summed E-state index contributed by atoms with van der Waals surface area (Å²) in [5, 5.41) is 2.91. The number of nitrogens with one attached hydrogen (secondary N) is 1. The fraction of sp³-hybridized carbons (Fsp3) is 0.333. The smallest absolute Gasteiger partial charge is 0.321 e. The molecule has 142 valence electrons. The zero-order valence-electron chi connectivity index (χ0n) is 15.6. The third kappa shape index (κ3) is 5.23. The fourth-order valence-electron chi connectivity index (χ4n) is 3.16. The minimum atomic E-state index is -0.122. The van der Waals surface area contributed by atoms with Gasteiger partial charge in [0.25, 0.3) is 0 Å². The van der Waals surface area contributed by atoms with Gasteiger partial charge in [0.1, 0.15) is 5.75 Å². The first-order chi connectivity index (χ1) is 13.2. The first kappa shape index (κ1) is 18.8. The molecule has 2 aromatic rings. The van der Waals surface area contributed by atoms with Gasteiger partial charge in [0.15, 0.2) is 0 Å². The Hall–Kier alpha value is -3.02. The Morgan fingerprint density at radius 2 is 1.70 bits per heavy atom. The van der Waals surface area contributed by atoms with E-state index in [0.29, 0.717) is 32.6 Å².